The first kappa shape index (κ1) is 24.9. The lowest BCUT2D eigenvalue weighted by molar-refractivity contribution is -0.562. The molecule has 0 spiro atoms. The molecule has 0 aromatic rings. The Balaban J connectivity index is 2.99. The summed E-state index contributed by atoms with van der Waals surface area (Å²) >= 11 is 0. The molecule has 27 heavy (non-hydrogen) atoms. The van der Waals surface area contributed by atoms with Gasteiger partial charge in [-0.3, -0.25) is 0 Å². The standard InChI is InChI=1S/C23H46O4/c1-10-14-21(8,12-3)24-26-23(17-19(6)18(5)16-20(23)7)27-25-22(9,13-4)15-11-2/h18-20H,10-17H2,1-9H3. The molecule has 0 N–H and O–H groups in total. The second-order valence-electron chi connectivity index (χ2n) is 9.55. The average molecular weight is 387 g/mol. The molecule has 0 heterocycles. The Morgan fingerprint density at radius 2 is 1.22 bits per heavy atom. The van der Waals surface area contributed by atoms with E-state index in [1.807, 2.05) is 0 Å². The van der Waals surface area contributed by atoms with Gasteiger partial charge < -0.3 is 0 Å². The molecule has 5 unspecified atom stereocenters. The summed E-state index contributed by atoms with van der Waals surface area (Å²) in [4.78, 5) is 24.5. The van der Waals surface area contributed by atoms with Crippen molar-refractivity contribution < 1.29 is 19.6 Å². The molecule has 1 aliphatic rings. The monoisotopic (exact) mass is 386 g/mol. The predicted molar refractivity (Wildman–Crippen MR) is 111 cm³/mol. The number of rotatable bonds is 12. The topological polar surface area (TPSA) is 36.9 Å². The van der Waals surface area contributed by atoms with E-state index in [-0.39, 0.29) is 17.1 Å². The van der Waals surface area contributed by atoms with Crippen molar-refractivity contribution in [3.63, 3.8) is 0 Å². The van der Waals surface area contributed by atoms with E-state index in [2.05, 4.69) is 62.3 Å². The quantitative estimate of drug-likeness (QED) is 0.201. The van der Waals surface area contributed by atoms with E-state index in [0.29, 0.717) is 11.8 Å². The average Bonchev–Trinajstić information content (AvgIpc) is 2.63. The van der Waals surface area contributed by atoms with Crippen molar-refractivity contribution in [1.82, 2.24) is 0 Å². The highest BCUT2D eigenvalue weighted by molar-refractivity contribution is 4.87. The van der Waals surface area contributed by atoms with Crippen LogP contribution in [0.3, 0.4) is 0 Å². The van der Waals surface area contributed by atoms with Gasteiger partial charge in [-0.15, -0.1) is 0 Å². The zero-order valence-corrected chi connectivity index (χ0v) is 19.5. The van der Waals surface area contributed by atoms with Gasteiger partial charge in [-0.1, -0.05) is 61.3 Å². The van der Waals surface area contributed by atoms with Crippen molar-refractivity contribution in [2.45, 2.75) is 131 Å². The van der Waals surface area contributed by atoms with Crippen molar-refractivity contribution in [2.75, 3.05) is 0 Å². The van der Waals surface area contributed by atoms with Crippen LogP contribution in [0.2, 0.25) is 0 Å². The minimum Gasteiger partial charge on any atom is -0.227 e. The van der Waals surface area contributed by atoms with Crippen molar-refractivity contribution in [1.29, 1.82) is 0 Å². The first-order valence-electron chi connectivity index (χ1n) is 11.3. The molecule has 1 rings (SSSR count). The van der Waals surface area contributed by atoms with Gasteiger partial charge in [-0.25, -0.2) is 9.78 Å². The van der Waals surface area contributed by atoms with Crippen molar-refractivity contribution >= 4 is 0 Å². The maximum Gasteiger partial charge on any atom is 0.236 e. The molecule has 0 aromatic heterocycles. The fraction of sp³-hybridized carbons (Fsp3) is 1.00. The molecule has 0 aromatic carbocycles. The first-order valence-corrected chi connectivity index (χ1v) is 11.3. The molecule has 4 nitrogen and oxygen atoms in total. The third kappa shape index (κ3) is 6.69. The molecular weight excluding hydrogens is 340 g/mol. The van der Waals surface area contributed by atoms with Gasteiger partial charge in [0.05, 0.1) is 0 Å². The molecule has 4 heteroatoms. The van der Waals surface area contributed by atoms with Crippen LogP contribution in [-0.2, 0) is 19.6 Å². The van der Waals surface area contributed by atoms with E-state index in [9.17, 15) is 0 Å². The van der Waals surface area contributed by atoms with E-state index in [1.165, 1.54) is 0 Å². The summed E-state index contributed by atoms with van der Waals surface area (Å²) in [5.74, 6) is 0.489. The van der Waals surface area contributed by atoms with E-state index in [1.54, 1.807) is 0 Å². The molecule has 1 fully saturated rings. The van der Waals surface area contributed by atoms with E-state index in [4.69, 9.17) is 19.6 Å². The zero-order chi connectivity index (χ0) is 20.7. The summed E-state index contributed by atoms with van der Waals surface area (Å²) in [5.41, 5.74) is -0.594. The Bertz CT molecular complexity index is 403. The largest absolute Gasteiger partial charge is 0.236 e. The fourth-order valence-corrected chi connectivity index (χ4v) is 4.02. The number of hydrogen-bond acceptors (Lipinski definition) is 4. The molecule has 0 amide bonds. The minimum absolute atomic E-state index is 0.203. The van der Waals surface area contributed by atoms with Gasteiger partial charge >= 0.3 is 0 Å². The van der Waals surface area contributed by atoms with Crippen LogP contribution >= 0.6 is 0 Å². The summed E-state index contributed by atoms with van der Waals surface area (Å²) in [6.45, 7) is 19.7. The molecule has 162 valence electrons. The molecular formula is C23H46O4. The highest BCUT2D eigenvalue weighted by Crippen LogP contribution is 2.45. The van der Waals surface area contributed by atoms with Crippen LogP contribution in [-0.4, -0.2) is 17.0 Å². The molecule has 1 aliphatic carbocycles. The summed E-state index contributed by atoms with van der Waals surface area (Å²) in [6, 6.07) is 0. The molecule has 0 saturated heterocycles. The predicted octanol–water partition coefficient (Wildman–Crippen LogP) is 7.22. The Kier molecular flexibility index (Phi) is 9.74. The molecule has 0 bridgehead atoms. The van der Waals surface area contributed by atoms with Crippen LogP contribution in [0.25, 0.3) is 0 Å². The van der Waals surface area contributed by atoms with Crippen molar-refractivity contribution in [2.24, 2.45) is 17.8 Å². The van der Waals surface area contributed by atoms with Gasteiger partial charge in [0.1, 0.15) is 11.2 Å². The van der Waals surface area contributed by atoms with E-state index >= 15 is 0 Å². The third-order valence-corrected chi connectivity index (χ3v) is 6.88. The smallest absolute Gasteiger partial charge is 0.227 e. The molecule has 0 aliphatic heterocycles. The Morgan fingerprint density at radius 3 is 1.59 bits per heavy atom. The molecule has 0 radical (unpaired) electrons. The molecule has 5 atom stereocenters. The van der Waals surface area contributed by atoms with Crippen LogP contribution in [0.15, 0.2) is 0 Å². The Morgan fingerprint density at radius 1 is 0.778 bits per heavy atom. The van der Waals surface area contributed by atoms with E-state index < -0.39 is 5.79 Å². The van der Waals surface area contributed by atoms with Gasteiger partial charge in [0, 0.05) is 12.3 Å². The second kappa shape index (κ2) is 10.6. The molecule has 1 saturated carbocycles. The van der Waals surface area contributed by atoms with Crippen molar-refractivity contribution in [3.8, 4) is 0 Å². The highest BCUT2D eigenvalue weighted by atomic mass is 17.3. The SMILES string of the molecule is CCCC(C)(CC)OOC1(OOC(C)(CC)CCC)CC(C)C(C)CC1C. The Labute approximate surface area is 168 Å². The van der Waals surface area contributed by atoms with Gasteiger partial charge in [-0.05, 0) is 57.8 Å². The van der Waals surface area contributed by atoms with Crippen molar-refractivity contribution in [3.05, 3.63) is 0 Å². The summed E-state index contributed by atoms with van der Waals surface area (Å²) < 4.78 is 0. The number of hydrogen-bond donors (Lipinski definition) is 0. The lowest BCUT2D eigenvalue weighted by Gasteiger charge is -2.46. The van der Waals surface area contributed by atoms with Gasteiger partial charge in [0.25, 0.3) is 0 Å². The second-order valence-corrected chi connectivity index (χ2v) is 9.55. The zero-order valence-electron chi connectivity index (χ0n) is 19.5. The normalized spacial score (nSPS) is 33.4. The van der Waals surface area contributed by atoms with Crippen LogP contribution in [0.5, 0.6) is 0 Å². The maximum atomic E-state index is 6.18. The van der Waals surface area contributed by atoms with Crippen LogP contribution in [0.4, 0.5) is 0 Å². The summed E-state index contributed by atoms with van der Waals surface area (Å²) in [6.07, 6.45) is 7.68. The lowest BCUT2D eigenvalue weighted by atomic mass is 9.73. The summed E-state index contributed by atoms with van der Waals surface area (Å²) in [7, 11) is 0. The third-order valence-electron chi connectivity index (χ3n) is 6.88. The van der Waals surface area contributed by atoms with E-state index in [0.717, 1.165) is 51.4 Å². The van der Waals surface area contributed by atoms with Gasteiger partial charge in [0.2, 0.25) is 5.79 Å². The Hall–Kier alpha value is -0.160. The van der Waals surface area contributed by atoms with Crippen LogP contribution in [0, 0.1) is 17.8 Å². The fourth-order valence-electron chi connectivity index (χ4n) is 4.02. The first-order chi connectivity index (χ1) is 12.6. The highest BCUT2D eigenvalue weighted by Gasteiger charge is 2.50. The van der Waals surface area contributed by atoms with Gasteiger partial charge in [0.15, 0.2) is 0 Å². The minimum atomic E-state index is -0.847. The maximum absolute atomic E-state index is 6.18. The lowest BCUT2D eigenvalue weighted by Crippen LogP contribution is -2.51. The van der Waals surface area contributed by atoms with Crippen LogP contribution in [0.1, 0.15) is 114 Å². The van der Waals surface area contributed by atoms with Gasteiger partial charge in [-0.2, -0.15) is 9.78 Å². The van der Waals surface area contributed by atoms with Crippen LogP contribution < -0.4 is 0 Å². The summed E-state index contributed by atoms with van der Waals surface area (Å²) in [5, 5.41) is 0.